The molecule has 4 nitrogen and oxygen atoms in total. The Bertz CT molecular complexity index is 760. The summed E-state index contributed by atoms with van der Waals surface area (Å²) in [5, 5.41) is 7.66. The molecule has 3 heterocycles. The highest BCUT2D eigenvalue weighted by Crippen LogP contribution is 2.29. The number of aromatic nitrogens is 3. The van der Waals surface area contributed by atoms with E-state index in [1.54, 1.807) is 22.7 Å². The van der Waals surface area contributed by atoms with Crippen molar-refractivity contribution in [3.05, 3.63) is 32.8 Å². The summed E-state index contributed by atoms with van der Waals surface area (Å²) in [6.45, 7) is 7.14. The van der Waals surface area contributed by atoms with Crippen LogP contribution < -0.4 is 5.32 Å². The van der Waals surface area contributed by atoms with Gasteiger partial charge in [0.25, 0.3) is 0 Å². The summed E-state index contributed by atoms with van der Waals surface area (Å²) in [6, 6.07) is 2.20. The zero-order valence-electron chi connectivity index (χ0n) is 12.4. The Morgan fingerprint density at radius 3 is 2.71 bits per heavy atom. The third-order valence-corrected chi connectivity index (χ3v) is 5.18. The first kappa shape index (κ1) is 14.4. The molecule has 21 heavy (non-hydrogen) atoms. The summed E-state index contributed by atoms with van der Waals surface area (Å²) >= 11 is 3.43. The number of fused-ring (bicyclic) bond motifs is 1. The first-order valence-electron chi connectivity index (χ1n) is 7.13. The Morgan fingerprint density at radius 1 is 1.19 bits per heavy atom. The molecule has 3 rings (SSSR count). The number of hydrogen-bond acceptors (Lipinski definition) is 6. The molecule has 0 aliphatic rings. The second-order valence-electron chi connectivity index (χ2n) is 4.84. The maximum atomic E-state index is 4.72. The van der Waals surface area contributed by atoms with E-state index in [0.717, 1.165) is 45.5 Å². The first-order valence-corrected chi connectivity index (χ1v) is 8.83. The Kier molecular flexibility index (Phi) is 4.17. The minimum Gasteiger partial charge on any atom is -0.370 e. The van der Waals surface area contributed by atoms with Gasteiger partial charge in [0, 0.05) is 16.8 Å². The smallest absolute Gasteiger partial charge is 0.138 e. The molecule has 0 unspecified atom stereocenters. The lowest BCUT2D eigenvalue weighted by Crippen LogP contribution is -2.04. The summed E-state index contributed by atoms with van der Waals surface area (Å²) in [7, 11) is 0. The van der Waals surface area contributed by atoms with Crippen LogP contribution in [-0.2, 0) is 12.8 Å². The number of thiophene rings is 1. The fraction of sp³-hybridized carbons (Fsp3) is 0.400. The average Bonchev–Trinajstić information content (AvgIpc) is 3.05. The van der Waals surface area contributed by atoms with Crippen LogP contribution in [0.15, 0.2) is 11.4 Å². The topological polar surface area (TPSA) is 50.7 Å². The van der Waals surface area contributed by atoms with Gasteiger partial charge in [0.05, 0.1) is 22.5 Å². The van der Waals surface area contributed by atoms with E-state index < -0.39 is 0 Å². The number of hydrogen-bond donors (Lipinski definition) is 1. The van der Waals surface area contributed by atoms with E-state index in [-0.39, 0.29) is 0 Å². The molecule has 6 heteroatoms. The Hall–Kier alpha value is -1.53. The van der Waals surface area contributed by atoms with Gasteiger partial charge in [0.15, 0.2) is 0 Å². The molecule has 3 aromatic heterocycles. The number of nitrogens with zero attached hydrogens (tertiary/aromatic N) is 3. The molecule has 0 bridgehead atoms. The molecule has 0 saturated carbocycles. The molecule has 0 saturated heterocycles. The first-order chi connectivity index (χ1) is 10.2. The summed E-state index contributed by atoms with van der Waals surface area (Å²) < 4.78 is 0. The van der Waals surface area contributed by atoms with E-state index in [1.165, 1.54) is 4.88 Å². The monoisotopic (exact) mass is 318 g/mol. The number of aryl methyl sites for hydroxylation is 2. The van der Waals surface area contributed by atoms with Crippen molar-refractivity contribution in [2.45, 2.75) is 33.6 Å². The zero-order chi connectivity index (χ0) is 14.8. The van der Waals surface area contributed by atoms with Gasteiger partial charge in [-0.15, -0.1) is 22.7 Å². The van der Waals surface area contributed by atoms with Crippen LogP contribution in [0, 0.1) is 6.92 Å². The Balaban J connectivity index is 2.02. The molecule has 110 valence electrons. The van der Waals surface area contributed by atoms with Crippen molar-refractivity contribution >= 4 is 38.7 Å². The van der Waals surface area contributed by atoms with E-state index in [9.17, 15) is 0 Å². The minimum atomic E-state index is 0.692. The van der Waals surface area contributed by atoms with Gasteiger partial charge < -0.3 is 5.32 Å². The Labute approximate surface area is 132 Å². The van der Waals surface area contributed by atoms with Crippen LogP contribution in [0.3, 0.4) is 0 Å². The van der Waals surface area contributed by atoms with Crippen molar-refractivity contribution in [1.82, 2.24) is 15.0 Å². The Morgan fingerprint density at radius 2 is 2.05 bits per heavy atom. The quantitative estimate of drug-likeness (QED) is 0.771. The average molecular weight is 318 g/mol. The maximum Gasteiger partial charge on any atom is 0.138 e. The molecule has 0 atom stereocenters. The van der Waals surface area contributed by atoms with Crippen LogP contribution in [0.1, 0.15) is 35.3 Å². The molecule has 0 aliphatic carbocycles. The van der Waals surface area contributed by atoms with Gasteiger partial charge in [0.1, 0.15) is 16.5 Å². The van der Waals surface area contributed by atoms with Gasteiger partial charge in [-0.25, -0.2) is 15.0 Å². The fourth-order valence-corrected chi connectivity index (χ4v) is 3.82. The van der Waals surface area contributed by atoms with Crippen LogP contribution >= 0.6 is 22.7 Å². The van der Waals surface area contributed by atoms with Gasteiger partial charge in [-0.05, 0) is 26.3 Å². The highest BCUT2D eigenvalue weighted by molar-refractivity contribution is 7.18. The number of anilines is 1. The lowest BCUT2D eigenvalue weighted by atomic mass is 10.2. The lowest BCUT2D eigenvalue weighted by molar-refractivity contribution is 0.958. The molecule has 1 N–H and O–H groups in total. The summed E-state index contributed by atoms with van der Waals surface area (Å²) in [6.07, 6.45) is 1.73. The van der Waals surface area contributed by atoms with Crippen LogP contribution in [0.2, 0.25) is 0 Å². The lowest BCUT2D eigenvalue weighted by Gasteiger charge is -2.06. The molecule has 0 amide bonds. The van der Waals surface area contributed by atoms with E-state index in [2.05, 4.69) is 35.6 Å². The van der Waals surface area contributed by atoms with Gasteiger partial charge in [0.2, 0.25) is 0 Å². The zero-order valence-corrected chi connectivity index (χ0v) is 14.1. The van der Waals surface area contributed by atoms with Crippen molar-refractivity contribution in [3.63, 3.8) is 0 Å². The highest BCUT2D eigenvalue weighted by Gasteiger charge is 2.12. The molecule has 0 spiro atoms. The molecule has 0 aromatic carbocycles. The summed E-state index contributed by atoms with van der Waals surface area (Å²) in [5.41, 5.74) is 1.05. The highest BCUT2D eigenvalue weighted by atomic mass is 32.1. The molecular weight excluding hydrogens is 300 g/mol. The largest absolute Gasteiger partial charge is 0.370 e. The molecular formula is C15H18N4S2. The van der Waals surface area contributed by atoms with Crippen molar-refractivity contribution in [1.29, 1.82) is 0 Å². The molecule has 0 fully saturated rings. The van der Waals surface area contributed by atoms with E-state index in [0.29, 0.717) is 6.42 Å². The van der Waals surface area contributed by atoms with E-state index in [4.69, 9.17) is 9.97 Å². The van der Waals surface area contributed by atoms with Crippen molar-refractivity contribution < 1.29 is 0 Å². The molecule has 3 aromatic rings. The third-order valence-electron chi connectivity index (χ3n) is 3.19. The van der Waals surface area contributed by atoms with Crippen molar-refractivity contribution in [2.75, 3.05) is 11.9 Å². The maximum absolute atomic E-state index is 4.72. The normalized spacial score (nSPS) is 11.2. The van der Waals surface area contributed by atoms with Gasteiger partial charge in [-0.1, -0.05) is 6.92 Å². The van der Waals surface area contributed by atoms with Gasteiger partial charge in [-0.3, -0.25) is 0 Å². The third kappa shape index (κ3) is 3.06. The second kappa shape index (κ2) is 6.07. The van der Waals surface area contributed by atoms with Crippen LogP contribution in [0.5, 0.6) is 0 Å². The molecule has 0 radical (unpaired) electrons. The van der Waals surface area contributed by atoms with Gasteiger partial charge >= 0.3 is 0 Å². The van der Waals surface area contributed by atoms with E-state index in [1.807, 2.05) is 6.92 Å². The van der Waals surface area contributed by atoms with E-state index >= 15 is 0 Å². The standard InChI is InChI=1S/C15H18N4S2/c1-4-11-7-12-14(16-5-2)18-13(19-15(12)21-11)6-10-8-20-9(3)17-10/h7-8H,4-6H2,1-3H3,(H,16,18,19). The van der Waals surface area contributed by atoms with Gasteiger partial charge in [-0.2, -0.15) is 0 Å². The number of rotatable bonds is 5. The predicted molar refractivity (Wildman–Crippen MR) is 90.6 cm³/mol. The number of nitrogens with one attached hydrogen (secondary N) is 1. The molecule has 0 aliphatic heterocycles. The summed E-state index contributed by atoms with van der Waals surface area (Å²) in [5.74, 6) is 1.79. The fourth-order valence-electron chi connectivity index (χ4n) is 2.22. The van der Waals surface area contributed by atoms with Crippen LogP contribution in [0.25, 0.3) is 10.2 Å². The van der Waals surface area contributed by atoms with Crippen molar-refractivity contribution in [2.24, 2.45) is 0 Å². The number of thiazole rings is 1. The predicted octanol–water partition coefficient (Wildman–Crippen LogP) is 4.04. The van der Waals surface area contributed by atoms with Crippen LogP contribution in [-0.4, -0.2) is 21.5 Å². The van der Waals surface area contributed by atoms with Crippen LogP contribution in [0.4, 0.5) is 5.82 Å². The second-order valence-corrected chi connectivity index (χ2v) is 7.02. The minimum absolute atomic E-state index is 0.692. The SMILES string of the molecule is CCNc1nc(Cc2csc(C)n2)nc2sc(CC)cc12. The van der Waals surface area contributed by atoms with Crippen molar-refractivity contribution in [3.8, 4) is 0 Å². The summed E-state index contributed by atoms with van der Waals surface area (Å²) in [4.78, 5) is 16.3.